The largest absolute Gasteiger partial charge is 0.459 e. The summed E-state index contributed by atoms with van der Waals surface area (Å²) in [6.45, 7) is 1.85. The molecule has 1 aliphatic rings. The van der Waals surface area contributed by atoms with Crippen LogP contribution in [0.4, 0.5) is 0 Å². The molecule has 0 atom stereocenters. The van der Waals surface area contributed by atoms with Crippen molar-refractivity contribution in [2.75, 3.05) is 26.2 Å². The van der Waals surface area contributed by atoms with Gasteiger partial charge in [-0.3, -0.25) is 23.7 Å². The minimum absolute atomic E-state index is 0.128. The Morgan fingerprint density at radius 3 is 2.29 bits per heavy atom. The van der Waals surface area contributed by atoms with Crippen molar-refractivity contribution in [3.8, 4) is 0 Å². The summed E-state index contributed by atoms with van der Waals surface area (Å²) in [7, 11) is 0. The van der Waals surface area contributed by atoms with Crippen molar-refractivity contribution in [1.29, 1.82) is 0 Å². The summed E-state index contributed by atoms with van der Waals surface area (Å²) in [6, 6.07) is 13.6. The molecule has 0 saturated carbocycles. The van der Waals surface area contributed by atoms with Crippen molar-refractivity contribution in [2.45, 2.75) is 6.54 Å². The van der Waals surface area contributed by atoms with Crippen LogP contribution in [0.2, 0.25) is 0 Å². The number of pyridine rings is 1. The van der Waals surface area contributed by atoms with Gasteiger partial charge in [-0.15, -0.1) is 0 Å². The Bertz CT molecular complexity index is 1460. The summed E-state index contributed by atoms with van der Waals surface area (Å²) in [5.74, 6) is -0.0200. The summed E-state index contributed by atoms with van der Waals surface area (Å²) < 4.78 is 6.49. The SMILES string of the molecule is O=C(c1ccc(Cn2c(=O)c(=O)[nH]c3cccnc32)cc1)N1CCN(C(=O)c2ccco2)CC1. The van der Waals surface area contributed by atoms with Gasteiger partial charge >= 0.3 is 11.1 Å². The summed E-state index contributed by atoms with van der Waals surface area (Å²) in [5.41, 5.74) is 0.726. The van der Waals surface area contributed by atoms with E-state index in [1.807, 2.05) is 0 Å². The second kappa shape index (κ2) is 8.81. The van der Waals surface area contributed by atoms with Crippen LogP contribution < -0.4 is 11.1 Å². The first-order valence-electron chi connectivity index (χ1n) is 10.8. The van der Waals surface area contributed by atoms with Gasteiger partial charge in [-0.2, -0.15) is 0 Å². The number of aromatic nitrogens is 3. The van der Waals surface area contributed by atoms with Gasteiger partial charge in [0.05, 0.1) is 18.3 Å². The monoisotopic (exact) mass is 459 g/mol. The number of aromatic amines is 1. The molecule has 10 heteroatoms. The normalized spacial score (nSPS) is 13.9. The van der Waals surface area contributed by atoms with Gasteiger partial charge < -0.3 is 19.2 Å². The highest BCUT2D eigenvalue weighted by Gasteiger charge is 2.26. The molecule has 0 radical (unpaired) electrons. The fourth-order valence-corrected chi connectivity index (χ4v) is 4.04. The van der Waals surface area contributed by atoms with E-state index in [0.29, 0.717) is 42.9 Å². The van der Waals surface area contributed by atoms with Gasteiger partial charge in [0.2, 0.25) is 0 Å². The van der Waals surface area contributed by atoms with Crippen molar-refractivity contribution in [2.24, 2.45) is 0 Å². The van der Waals surface area contributed by atoms with Crippen molar-refractivity contribution < 1.29 is 14.0 Å². The lowest BCUT2D eigenvalue weighted by Gasteiger charge is -2.34. The highest BCUT2D eigenvalue weighted by molar-refractivity contribution is 5.95. The number of furan rings is 1. The molecule has 172 valence electrons. The molecule has 1 aliphatic heterocycles. The third-order valence-corrected chi connectivity index (χ3v) is 5.86. The van der Waals surface area contributed by atoms with E-state index in [4.69, 9.17) is 4.42 Å². The molecule has 4 aromatic rings. The number of rotatable bonds is 4. The minimum Gasteiger partial charge on any atom is -0.459 e. The molecule has 0 unspecified atom stereocenters. The van der Waals surface area contributed by atoms with E-state index in [-0.39, 0.29) is 24.1 Å². The van der Waals surface area contributed by atoms with Gasteiger partial charge in [-0.25, -0.2) is 4.98 Å². The number of nitrogens with one attached hydrogen (secondary N) is 1. The Balaban J connectivity index is 1.27. The Labute approximate surface area is 193 Å². The second-order valence-corrected chi connectivity index (χ2v) is 7.98. The van der Waals surface area contributed by atoms with E-state index < -0.39 is 11.1 Å². The van der Waals surface area contributed by atoms with Crippen molar-refractivity contribution in [1.82, 2.24) is 24.3 Å². The summed E-state index contributed by atoms with van der Waals surface area (Å²) in [4.78, 5) is 59.9. The van der Waals surface area contributed by atoms with Crippen LogP contribution in [0, 0.1) is 0 Å². The van der Waals surface area contributed by atoms with Gasteiger partial charge in [-0.05, 0) is 42.0 Å². The number of H-pyrrole nitrogens is 1. The van der Waals surface area contributed by atoms with Crippen LogP contribution in [0.15, 0.2) is 75.0 Å². The lowest BCUT2D eigenvalue weighted by atomic mass is 10.1. The van der Waals surface area contributed by atoms with E-state index >= 15 is 0 Å². The molecule has 2 amide bonds. The minimum atomic E-state index is -0.711. The predicted octanol–water partition coefficient (Wildman–Crippen LogP) is 1.32. The lowest BCUT2D eigenvalue weighted by molar-refractivity contribution is 0.0518. The maximum Gasteiger partial charge on any atom is 0.318 e. The number of amides is 2. The predicted molar refractivity (Wildman–Crippen MR) is 123 cm³/mol. The van der Waals surface area contributed by atoms with Crippen LogP contribution in [0.3, 0.4) is 0 Å². The molecule has 34 heavy (non-hydrogen) atoms. The smallest absolute Gasteiger partial charge is 0.318 e. The van der Waals surface area contributed by atoms with Crippen molar-refractivity contribution >= 4 is 23.0 Å². The Kier molecular flexibility index (Phi) is 5.54. The van der Waals surface area contributed by atoms with Gasteiger partial charge in [0, 0.05) is 37.9 Å². The van der Waals surface area contributed by atoms with Crippen LogP contribution in [-0.4, -0.2) is 62.3 Å². The molecule has 1 aromatic carbocycles. The molecule has 1 N–H and O–H groups in total. The number of benzene rings is 1. The fourth-order valence-electron chi connectivity index (χ4n) is 4.04. The number of hydrogen-bond acceptors (Lipinski definition) is 6. The molecule has 3 aromatic heterocycles. The number of piperazine rings is 1. The third-order valence-electron chi connectivity index (χ3n) is 5.86. The molecule has 5 rings (SSSR count). The summed E-state index contributed by atoms with van der Waals surface area (Å²) >= 11 is 0. The molecule has 0 aliphatic carbocycles. The topological polar surface area (TPSA) is 122 Å². The van der Waals surface area contributed by atoms with Gasteiger partial charge in [0.25, 0.3) is 11.8 Å². The number of fused-ring (bicyclic) bond motifs is 1. The zero-order chi connectivity index (χ0) is 23.7. The van der Waals surface area contributed by atoms with Crippen molar-refractivity contribution in [3.05, 3.63) is 98.6 Å². The number of carbonyl (C=O) groups is 2. The highest BCUT2D eigenvalue weighted by atomic mass is 16.3. The van der Waals surface area contributed by atoms with E-state index in [2.05, 4.69) is 9.97 Å². The summed E-state index contributed by atoms with van der Waals surface area (Å²) in [5, 5.41) is 0. The van der Waals surface area contributed by atoms with Crippen LogP contribution in [0.1, 0.15) is 26.5 Å². The zero-order valence-corrected chi connectivity index (χ0v) is 18.1. The average molecular weight is 459 g/mol. The maximum absolute atomic E-state index is 12.9. The average Bonchev–Trinajstić information content (AvgIpc) is 3.41. The number of carbonyl (C=O) groups excluding carboxylic acids is 2. The lowest BCUT2D eigenvalue weighted by Crippen LogP contribution is -2.50. The number of hydrogen-bond donors (Lipinski definition) is 1. The van der Waals surface area contributed by atoms with Gasteiger partial charge in [-0.1, -0.05) is 12.1 Å². The van der Waals surface area contributed by atoms with E-state index in [1.165, 1.54) is 10.8 Å². The Hall–Kier alpha value is -4.47. The van der Waals surface area contributed by atoms with Crippen LogP contribution in [0.25, 0.3) is 11.2 Å². The Morgan fingerprint density at radius 2 is 1.62 bits per heavy atom. The molecule has 10 nitrogen and oxygen atoms in total. The molecular weight excluding hydrogens is 438 g/mol. The molecule has 4 heterocycles. The first kappa shape index (κ1) is 21.4. The fraction of sp³-hybridized carbons (Fsp3) is 0.208. The third kappa shape index (κ3) is 4.01. The summed E-state index contributed by atoms with van der Waals surface area (Å²) in [6.07, 6.45) is 3.02. The van der Waals surface area contributed by atoms with Gasteiger partial charge in [0.1, 0.15) is 0 Å². The Morgan fingerprint density at radius 1 is 0.912 bits per heavy atom. The van der Waals surface area contributed by atoms with E-state index in [9.17, 15) is 19.2 Å². The van der Waals surface area contributed by atoms with Crippen LogP contribution in [-0.2, 0) is 6.54 Å². The highest BCUT2D eigenvalue weighted by Crippen LogP contribution is 2.14. The molecule has 1 saturated heterocycles. The molecule has 0 bridgehead atoms. The maximum atomic E-state index is 12.9. The standard InChI is InChI=1S/C24H21N5O5/c30-21-24(33)29(20-18(26-21)3-1-9-25-20)15-16-5-7-17(8-6-16)22(31)27-10-12-28(13-11-27)23(32)19-4-2-14-34-19/h1-9,14H,10-13,15H2,(H,26,30). The van der Waals surface area contributed by atoms with Crippen LogP contribution in [0.5, 0.6) is 0 Å². The van der Waals surface area contributed by atoms with E-state index in [0.717, 1.165) is 5.56 Å². The second-order valence-electron chi connectivity index (χ2n) is 7.98. The molecule has 0 spiro atoms. The van der Waals surface area contributed by atoms with Crippen molar-refractivity contribution in [3.63, 3.8) is 0 Å². The first-order valence-corrected chi connectivity index (χ1v) is 10.8. The van der Waals surface area contributed by atoms with Gasteiger partial charge in [0.15, 0.2) is 11.4 Å². The molecule has 1 fully saturated rings. The van der Waals surface area contributed by atoms with Crippen LogP contribution >= 0.6 is 0 Å². The zero-order valence-electron chi connectivity index (χ0n) is 18.1. The quantitative estimate of drug-likeness (QED) is 0.460. The number of nitrogens with zero attached hydrogens (tertiary/aromatic N) is 4. The first-order chi connectivity index (χ1) is 16.5. The van der Waals surface area contributed by atoms with E-state index in [1.54, 1.807) is 64.5 Å². The molecular formula is C24H21N5O5.